The van der Waals surface area contributed by atoms with Gasteiger partial charge in [0.25, 0.3) is 0 Å². The van der Waals surface area contributed by atoms with Gasteiger partial charge in [0, 0.05) is 17.7 Å². The van der Waals surface area contributed by atoms with Gasteiger partial charge in [-0.05, 0) is 24.3 Å². The van der Waals surface area contributed by atoms with E-state index in [4.69, 9.17) is 8.92 Å². The average molecular weight is 382 g/mol. The minimum atomic E-state index is -4.56. The normalized spacial score (nSPS) is 10.8. The van der Waals surface area contributed by atoms with E-state index in [1.807, 2.05) is 0 Å². The fourth-order valence-electron chi connectivity index (χ4n) is 1.95. The van der Waals surface area contributed by atoms with Gasteiger partial charge in [0.1, 0.15) is 11.2 Å². The molecule has 136 valence electrons. The molecule has 0 fully saturated rings. The minimum absolute atomic E-state index is 0.0606. The third-order valence-electron chi connectivity index (χ3n) is 3.15. The monoisotopic (exact) mass is 382 g/mol. The maximum Gasteiger partial charge on any atom is 0.347 e. The van der Waals surface area contributed by atoms with Crippen molar-refractivity contribution in [3.8, 4) is 11.5 Å². The first-order valence-corrected chi connectivity index (χ1v) is 8.11. The Bertz CT molecular complexity index is 1000. The number of hydrogen-bond acceptors (Lipinski definition) is 9. The second-order valence-electron chi connectivity index (χ2n) is 4.73. The first kappa shape index (κ1) is 18.8. The zero-order valence-electron chi connectivity index (χ0n) is 13.0. The van der Waals surface area contributed by atoms with Crippen LogP contribution in [-0.4, -0.2) is 31.7 Å². The summed E-state index contributed by atoms with van der Waals surface area (Å²) in [6, 6.07) is 5.71. The number of methoxy groups -OCH3 is 1. The summed E-state index contributed by atoms with van der Waals surface area (Å²) in [5.41, 5.74) is -1.65. The van der Waals surface area contributed by atoms with E-state index in [0.717, 1.165) is 6.07 Å². The van der Waals surface area contributed by atoms with Gasteiger partial charge in [-0.1, -0.05) is 0 Å². The summed E-state index contributed by atoms with van der Waals surface area (Å²) in [6.07, 6.45) is 0.514. The Hall–Kier alpha value is -3.54. The molecule has 26 heavy (non-hydrogen) atoms. The molecule has 0 atom stereocenters. The lowest BCUT2D eigenvalue weighted by Gasteiger charge is -2.11. The minimum Gasteiger partial charge on any atom is -0.493 e. The number of ether oxygens (including phenoxy) is 1. The molecule has 12 heteroatoms. The Morgan fingerprint density at radius 1 is 0.962 bits per heavy atom. The standard InChI is InChI=1S/C14H10N2O9S/c1-24-14-6-9(8-17)2-5-13(14)25-26(22,23)10-3-4-11(15(18)19)12(7-10)16(20)21/h2-8H,1H3. The number of hydrogen-bond donors (Lipinski definition) is 0. The van der Waals surface area contributed by atoms with E-state index in [9.17, 15) is 33.4 Å². The summed E-state index contributed by atoms with van der Waals surface area (Å²) < 4.78 is 34.5. The quantitative estimate of drug-likeness (QED) is 0.303. The molecule has 0 N–H and O–H groups in total. The molecule has 0 aliphatic rings. The average Bonchev–Trinajstić information content (AvgIpc) is 2.61. The van der Waals surface area contributed by atoms with Crippen LogP contribution in [0.5, 0.6) is 11.5 Å². The van der Waals surface area contributed by atoms with Crippen molar-refractivity contribution in [1.29, 1.82) is 0 Å². The van der Waals surface area contributed by atoms with Crippen molar-refractivity contribution in [3.63, 3.8) is 0 Å². The van der Waals surface area contributed by atoms with Gasteiger partial charge >= 0.3 is 21.5 Å². The third kappa shape index (κ3) is 3.75. The van der Waals surface area contributed by atoms with E-state index >= 15 is 0 Å². The number of benzene rings is 2. The number of nitro groups is 2. The van der Waals surface area contributed by atoms with Gasteiger partial charge in [-0.15, -0.1) is 0 Å². The Balaban J connectivity index is 2.48. The highest BCUT2D eigenvalue weighted by Crippen LogP contribution is 2.33. The summed E-state index contributed by atoms with van der Waals surface area (Å²) in [4.78, 5) is 29.8. The fraction of sp³-hybridized carbons (Fsp3) is 0.0714. The lowest BCUT2D eigenvalue weighted by molar-refractivity contribution is -0.422. The van der Waals surface area contributed by atoms with E-state index in [0.29, 0.717) is 18.4 Å². The van der Waals surface area contributed by atoms with Crippen molar-refractivity contribution in [2.45, 2.75) is 4.90 Å². The highest BCUT2D eigenvalue weighted by Gasteiger charge is 2.29. The smallest absolute Gasteiger partial charge is 0.347 e. The first-order valence-electron chi connectivity index (χ1n) is 6.70. The zero-order valence-corrected chi connectivity index (χ0v) is 13.8. The van der Waals surface area contributed by atoms with Gasteiger partial charge in [-0.2, -0.15) is 8.42 Å². The van der Waals surface area contributed by atoms with Gasteiger partial charge in [0.15, 0.2) is 11.5 Å². The van der Waals surface area contributed by atoms with Crippen molar-refractivity contribution in [3.05, 3.63) is 62.2 Å². The molecule has 0 amide bonds. The molecule has 0 radical (unpaired) electrons. The molecule has 0 aromatic heterocycles. The van der Waals surface area contributed by atoms with Crippen LogP contribution in [0.15, 0.2) is 41.3 Å². The van der Waals surface area contributed by atoms with Crippen LogP contribution in [0.25, 0.3) is 0 Å². The molecule has 0 aliphatic carbocycles. The third-order valence-corrected chi connectivity index (χ3v) is 4.38. The fourth-order valence-corrected chi connectivity index (χ4v) is 2.91. The largest absolute Gasteiger partial charge is 0.493 e. The van der Waals surface area contributed by atoms with E-state index in [-0.39, 0.29) is 17.1 Å². The topological polar surface area (TPSA) is 156 Å². The van der Waals surface area contributed by atoms with Crippen molar-refractivity contribution in [2.24, 2.45) is 0 Å². The summed E-state index contributed by atoms with van der Waals surface area (Å²) >= 11 is 0. The van der Waals surface area contributed by atoms with E-state index in [2.05, 4.69) is 0 Å². The highest BCUT2D eigenvalue weighted by atomic mass is 32.2. The maximum atomic E-state index is 12.3. The van der Waals surface area contributed by atoms with Crippen LogP contribution >= 0.6 is 0 Å². The van der Waals surface area contributed by atoms with Crippen LogP contribution < -0.4 is 8.92 Å². The van der Waals surface area contributed by atoms with Gasteiger partial charge in [-0.3, -0.25) is 25.0 Å². The lowest BCUT2D eigenvalue weighted by Crippen LogP contribution is -2.11. The van der Waals surface area contributed by atoms with Crippen LogP contribution in [0, 0.1) is 20.2 Å². The van der Waals surface area contributed by atoms with Crippen molar-refractivity contribution >= 4 is 27.8 Å². The van der Waals surface area contributed by atoms with E-state index in [1.165, 1.54) is 25.3 Å². The van der Waals surface area contributed by atoms with Crippen LogP contribution in [0.4, 0.5) is 11.4 Å². The Kier molecular flexibility index (Phi) is 5.16. The Morgan fingerprint density at radius 2 is 1.62 bits per heavy atom. The summed E-state index contributed by atoms with van der Waals surface area (Å²) in [6.45, 7) is 0. The Morgan fingerprint density at radius 3 is 2.15 bits per heavy atom. The number of carbonyl (C=O) groups excluding carboxylic acids is 1. The van der Waals surface area contributed by atoms with E-state index < -0.39 is 36.2 Å². The molecule has 0 spiro atoms. The molecule has 0 bridgehead atoms. The number of nitrogens with zero attached hydrogens (tertiary/aromatic N) is 2. The molecule has 11 nitrogen and oxygen atoms in total. The highest BCUT2D eigenvalue weighted by molar-refractivity contribution is 7.87. The molecule has 0 unspecified atom stereocenters. The number of nitro benzene ring substituents is 2. The zero-order chi connectivity index (χ0) is 19.5. The van der Waals surface area contributed by atoms with Gasteiger partial charge in [0.2, 0.25) is 0 Å². The molecule has 2 rings (SSSR count). The van der Waals surface area contributed by atoms with Gasteiger partial charge in [-0.25, -0.2) is 0 Å². The van der Waals surface area contributed by atoms with Crippen molar-refractivity contribution < 1.29 is 32.0 Å². The van der Waals surface area contributed by atoms with Crippen LogP contribution in [0.1, 0.15) is 10.4 Å². The van der Waals surface area contributed by atoms with Crippen LogP contribution in [-0.2, 0) is 10.1 Å². The Labute approximate surface area is 146 Å². The molecule has 0 saturated carbocycles. The lowest BCUT2D eigenvalue weighted by atomic mass is 10.2. The van der Waals surface area contributed by atoms with Gasteiger partial charge in [0.05, 0.1) is 17.0 Å². The summed E-state index contributed by atoms with van der Waals surface area (Å²) in [5, 5.41) is 21.7. The molecule has 0 saturated heterocycles. The number of rotatable bonds is 7. The van der Waals surface area contributed by atoms with Crippen molar-refractivity contribution in [2.75, 3.05) is 7.11 Å². The maximum absolute atomic E-state index is 12.3. The number of carbonyl (C=O) groups is 1. The number of aldehydes is 1. The van der Waals surface area contributed by atoms with Crippen molar-refractivity contribution in [1.82, 2.24) is 0 Å². The molecular formula is C14H10N2O9S. The molecule has 2 aromatic rings. The van der Waals surface area contributed by atoms with Gasteiger partial charge < -0.3 is 8.92 Å². The predicted octanol–water partition coefficient (Wildman–Crippen LogP) is 2.09. The van der Waals surface area contributed by atoms with E-state index in [1.54, 1.807) is 0 Å². The molecule has 0 aliphatic heterocycles. The molecule has 2 aromatic carbocycles. The molecular weight excluding hydrogens is 372 g/mol. The first-order chi connectivity index (χ1) is 12.2. The predicted molar refractivity (Wildman–Crippen MR) is 85.9 cm³/mol. The second-order valence-corrected chi connectivity index (χ2v) is 6.28. The summed E-state index contributed by atoms with van der Waals surface area (Å²) in [7, 11) is -3.34. The second kappa shape index (κ2) is 7.14. The van der Waals surface area contributed by atoms with Crippen LogP contribution in [0.3, 0.4) is 0 Å². The summed E-state index contributed by atoms with van der Waals surface area (Å²) in [5.74, 6) is -0.325. The molecule has 0 heterocycles. The SMILES string of the molecule is COc1cc(C=O)ccc1OS(=O)(=O)c1ccc([N+](=O)[O-])c([N+](=O)[O-])c1. The van der Waals surface area contributed by atoms with Crippen LogP contribution in [0.2, 0.25) is 0 Å².